The molecule has 2 saturated carbocycles. The second-order valence-electron chi connectivity index (χ2n) is 6.23. The van der Waals surface area contributed by atoms with Gasteiger partial charge >= 0.3 is 0 Å². The fourth-order valence-corrected chi connectivity index (χ4v) is 5.15. The number of rotatable bonds is 2. The van der Waals surface area contributed by atoms with Crippen molar-refractivity contribution in [3.8, 4) is 0 Å². The fourth-order valence-electron chi connectivity index (χ4n) is 4.22. The maximum atomic E-state index is 6.10. The van der Waals surface area contributed by atoms with Crippen LogP contribution >= 0.6 is 11.3 Å². The third-order valence-electron chi connectivity index (χ3n) is 5.03. The molecule has 0 bridgehead atoms. The molecule has 2 aliphatic rings. The molecule has 17 heavy (non-hydrogen) atoms. The van der Waals surface area contributed by atoms with Gasteiger partial charge in [-0.2, -0.15) is 0 Å². The van der Waals surface area contributed by atoms with Crippen LogP contribution in [0.4, 0.5) is 0 Å². The van der Waals surface area contributed by atoms with Gasteiger partial charge in [0, 0.05) is 16.8 Å². The van der Waals surface area contributed by atoms with Gasteiger partial charge in [0.15, 0.2) is 0 Å². The summed E-state index contributed by atoms with van der Waals surface area (Å²) >= 11 is 1.90. The zero-order chi connectivity index (χ0) is 11.8. The SMILES string of the molecule is NCC1(c2cccs2)CC2(CCCCCC2)C1. The van der Waals surface area contributed by atoms with Gasteiger partial charge < -0.3 is 5.73 Å². The Labute approximate surface area is 108 Å². The lowest BCUT2D eigenvalue weighted by molar-refractivity contribution is 0.0134. The lowest BCUT2D eigenvalue weighted by Crippen LogP contribution is -2.53. The Bertz CT molecular complexity index is 352. The molecule has 1 aromatic rings. The number of thiophene rings is 1. The van der Waals surface area contributed by atoms with Crippen molar-refractivity contribution in [2.45, 2.75) is 56.8 Å². The molecule has 94 valence electrons. The first-order chi connectivity index (χ1) is 8.29. The Morgan fingerprint density at radius 2 is 1.82 bits per heavy atom. The number of nitrogens with two attached hydrogens (primary N) is 1. The van der Waals surface area contributed by atoms with Crippen LogP contribution in [-0.2, 0) is 5.41 Å². The van der Waals surface area contributed by atoms with E-state index in [0.717, 1.165) is 6.54 Å². The second-order valence-corrected chi connectivity index (χ2v) is 7.18. The molecule has 0 radical (unpaired) electrons. The Morgan fingerprint density at radius 3 is 2.35 bits per heavy atom. The molecule has 3 rings (SSSR count). The standard InChI is InChI=1S/C15H23NS/c16-12-15(13-6-5-9-17-13)10-14(11-15)7-3-1-2-4-8-14/h5-6,9H,1-4,7-8,10-12,16H2. The van der Waals surface area contributed by atoms with Crippen molar-refractivity contribution >= 4 is 11.3 Å². The van der Waals surface area contributed by atoms with Crippen LogP contribution in [0.15, 0.2) is 17.5 Å². The van der Waals surface area contributed by atoms with Gasteiger partial charge in [0.25, 0.3) is 0 Å². The molecule has 1 nitrogen and oxygen atoms in total. The van der Waals surface area contributed by atoms with Crippen molar-refractivity contribution in [3.05, 3.63) is 22.4 Å². The number of hydrogen-bond acceptors (Lipinski definition) is 2. The summed E-state index contributed by atoms with van der Waals surface area (Å²) in [4.78, 5) is 1.54. The first-order valence-electron chi connectivity index (χ1n) is 7.03. The van der Waals surface area contributed by atoms with Crippen molar-refractivity contribution < 1.29 is 0 Å². The van der Waals surface area contributed by atoms with E-state index in [1.807, 2.05) is 11.3 Å². The zero-order valence-electron chi connectivity index (χ0n) is 10.6. The summed E-state index contributed by atoms with van der Waals surface area (Å²) in [5.41, 5.74) is 7.11. The summed E-state index contributed by atoms with van der Waals surface area (Å²) in [5, 5.41) is 2.20. The van der Waals surface area contributed by atoms with Crippen LogP contribution in [0.3, 0.4) is 0 Å². The van der Waals surface area contributed by atoms with Gasteiger partial charge in [0.05, 0.1) is 0 Å². The smallest absolute Gasteiger partial charge is 0.0180 e. The summed E-state index contributed by atoms with van der Waals surface area (Å²) < 4.78 is 0. The van der Waals surface area contributed by atoms with E-state index in [9.17, 15) is 0 Å². The molecule has 2 N–H and O–H groups in total. The minimum atomic E-state index is 0.346. The lowest BCUT2D eigenvalue weighted by Gasteiger charge is -2.56. The Kier molecular flexibility index (Phi) is 3.04. The van der Waals surface area contributed by atoms with Crippen LogP contribution in [0.2, 0.25) is 0 Å². The molecule has 2 aliphatic carbocycles. The molecular weight excluding hydrogens is 226 g/mol. The monoisotopic (exact) mass is 249 g/mol. The molecule has 0 saturated heterocycles. The molecule has 2 fully saturated rings. The van der Waals surface area contributed by atoms with E-state index in [4.69, 9.17) is 5.73 Å². The van der Waals surface area contributed by atoms with Crippen LogP contribution in [-0.4, -0.2) is 6.54 Å². The summed E-state index contributed by atoms with van der Waals surface area (Å²) in [5.74, 6) is 0. The summed E-state index contributed by atoms with van der Waals surface area (Å²) in [6.45, 7) is 0.843. The third kappa shape index (κ3) is 1.96. The molecule has 0 atom stereocenters. The van der Waals surface area contributed by atoms with Crippen molar-refractivity contribution in [2.24, 2.45) is 11.1 Å². The predicted octanol–water partition coefficient (Wildman–Crippen LogP) is 4.08. The summed E-state index contributed by atoms with van der Waals surface area (Å²) in [6.07, 6.45) is 11.4. The van der Waals surface area contributed by atoms with Gasteiger partial charge in [-0.3, -0.25) is 0 Å². The highest BCUT2D eigenvalue weighted by Crippen LogP contribution is 2.61. The molecular formula is C15H23NS. The van der Waals surface area contributed by atoms with Crippen LogP contribution in [0, 0.1) is 5.41 Å². The van der Waals surface area contributed by atoms with E-state index in [1.165, 1.54) is 56.2 Å². The normalized spacial score (nSPS) is 26.4. The highest BCUT2D eigenvalue weighted by atomic mass is 32.1. The second kappa shape index (κ2) is 4.40. The van der Waals surface area contributed by atoms with E-state index in [0.29, 0.717) is 10.8 Å². The number of hydrogen-bond donors (Lipinski definition) is 1. The maximum absolute atomic E-state index is 6.10. The predicted molar refractivity (Wildman–Crippen MR) is 74.4 cm³/mol. The average Bonchev–Trinajstić information content (AvgIpc) is 2.72. The van der Waals surface area contributed by atoms with Gasteiger partial charge in [-0.1, -0.05) is 31.7 Å². The van der Waals surface area contributed by atoms with Crippen molar-refractivity contribution in [3.63, 3.8) is 0 Å². The molecule has 1 spiro atoms. The quantitative estimate of drug-likeness (QED) is 0.839. The zero-order valence-corrected chi connectivity index (χ0v) is 11.4. The summed E-state index contributed by atoms with van der Waals surface area (Å²) in [6, 6.07) is 4.47. The van der Waals surface area contributed by atoms with Crippen molar-refractivity contribution in [1.82, 2.24) is 0 Å². The Hall–Kier alpha value is -0.340. The van der Waals surface area contributed by atoms with Gasteiger partial charge in [0.2, 0.25) is 0 Å². The molecule has 0 aromatic carbocycles. The van der Waals surface area contributed by atoms with Gasteiger partial charge in [-0.15, -0.1) is 11.3 Å². The average molecular weight is 249 g/mol. The highest BCUT2D eigenvalue weighted by molar-refractivity contribution is 7.10. The molecule has 1 heterocycles. The maximum Gasteiger partial charge on any atom is 0.0180 e. The van der Waals surface area contributed by atoms with E-state index < -0.39 is 0 Å². The van der Waals surface area contributed by atoms with Crippen molar-refractivity contribution in [1.29, 1.82) is 0 Å². The van der Waals surface area contributed by atoms with Crippen LogP contribution in [0.5, 0.6) is 0 Å². The molecule has 0 amide bonds. The van der Waals surface area contributed by atoms with E-state index >= 15 is 0 Å². The molecule has 0 unspecified atom stereocenters. The minimum absolute atomic E-state index is 0.346. The van der Waals surface area contributed by atoms with Crippen LogP contribution in [0.25, 0.3) is 0 Å². The van der Waals surface area contributed by atoms with Crippen LogP contribution < -0.4 is 5.73 Å². The highest BCUT2D eigenvalue weighted by Gasteiger charge is 2.54. The van der Waals surface area contributed by atoms with Gasteiger partial charge in [-0.05, 0) is 42.5 Å². The van der Waals surface area contributed by atoms with Crippen LogP contribution in [0.1, 0.15) is 56.2 Å². The Morgan fingerprint density at radius 1 is 1.12 bits per heavy atom. The van der Waals surface area contributed by atoms with E-state index in [-0.39, 0.29) is 0 Å². The third-order valence-corrected chi connectivity index (χ3v) is 6.14. The fraction of sp³-hybridized carbons (Fsp3) is 0.733. The van der Waals surface area contributed by atoms with Crippen molar-refractivity contribution in [2.75, 3.05) is 6.54 Å². The molecule has 2 heteroatoms. The first kappa shape index (κ1) is 11.7. The summed E-state index contributed by atoms with van der Waals surface area (Å²) in [7, 11) is 0. The first-order valence-corrected chi connectivity index (χ1v) is 7.91. The molecule has 1 aromatic heterocycles. The topological polar surface area (TPSA) is 26.0 Å². The van der Waals surface area contributed by atoms with E-state index in [2.05, 4.69) is 17.5 Å². The lowest BCUT2D eigenvalue weighted by atomic mass is 9.49. The van der Waals surface area contributed by atoms with Gasteiger partial charge in [-0.25, -0.2) is 0 Å². The molecule has 0 aliphatic heterocycles. The minimum Gasteiger partial charge on any atom is -0.330 e. The Balaban J connectivity index is 1.76. The van der Waals surface area contributed by atoms with Gasteiger partial charge in [0.1, 0.15) is 0 Å². The van der Waals surface area contributed by atoms with E-state index in [1.54, 1.807) is 0 Å². The largest absolute Gasteiger partial charge is 0.330 e.